The fourth-order valence-electron chi connectivity index (χ4n) is 2.98. The molecule has 0 heterocycles. The molecule has 0 radical (unpaired) electrons. The van der Waals surface area contributed by atoms with E-state index < -0.39 is 5.97 Å². The molecule has 0 unspecified atom stereocenters. The van der Waals surface area contributed by atoms with Crippen LogP contribution in [0.1, 0.15) is 12.5 Å². The number of hydrogen-bond acceptors (Lipinski definition) is 3. The van der Waals surface area contributed by atoms with Crippen molar-refractivity contribution in [3.05, 3.63) is 101 Å². The number of nitrogens with one attached hydrogen (secondary N) is 1. The number of para-hydroxylation sites is 1. The number of rotatable bonds is 5. The fourth-order valence-corrected chi connectivity index (χ4v) is 3.47. The molecule has 4 aromatic rings. The van der Waals surface area contributed by atoms with E-state index >= 15 is 0 Å². The highest BCUT2D eigenvalue weighted by atomic mass is 35.5. The van der Waals surface area contributed by atoms with Gasteiger partial charge in [-0.3, -0.25) is 4.79 Å². The average molecular weight is 454 g/mol. The van der Waals surface area contributed by atoms with E-state index in [2.05, 4.69) is 35.6 Å². The van der Waals surface area contributed by atoms with Gasteiger partial charge in [-0.05, 0) is 52.7 Å². The Morgan fingerprint density at radius 2 is 1.45 bits per heavy atom. The van der Waals surface area contributed by atoms with Crippen LogP contribution in [-0.4, -0.2) is 11.1 Å². The highest BCUT2D eigenvalue weighted by molar-refractivity contribution is 6.39. The van der Waals surface area contributed by atoms with Crippen LogP contribution >= 0.6 is 23.2 Å². The van der Waals surface area contributed by atoms with Crippen molar-refractivity contribution in [2.75, 3.05) is 5.32 Å². The maximum Gasteiger partial charge on any atom is 0.300 e. The summed E-state index contributed by atoms with van der Waals surface area (Å²) in [7, 11) is 0. The predicted molar refractivity (Wildman–Crippen MR) is 128 cm³/mol. The molecule has 0 aliphatic carbocycles. The molecule has 0 aliphatic heterocycles. The number of carboxylic acid groups (broad SMARTS) is 1. The summed E-state index contributed by atoms with van der Waals surface area (Å²) in [4.78, 5) is 9.00. The average Bonchev–Trinajstić information content (AvgIpc) is 2.75. The zero-order valence-corrected chi connectivity index (χ0v) is 18.3. The molecule has 31 heavy (non-hydrogen) atoms. The van der Waals surface area contributed by atoms with Crippen LogP contribution in [0.2, 0.25) is 10.0 Å². The van der Waals surface area contributed by atoms with Crippen LogP contribution < -0.4 is 10.1 Å². The minimum Gasteiger partial charge on any atom is -0.489 e. The van der Waals surface area contributed by atoms with Gasteiger partial charge < -0.3 is 15.2 Å². The molecule has 4 nitrogen and oxygen atoms in total. The number of halogens is 2. The van der Waals surface area contributed by atoms with E-state index in [4.69, 9.17) is 37.8 Å². The van der Waals surface area contributed by atoms with Crippen LogP contribution in [0, 0.1) is 0 Å². The highest BCUT2D eigenvalue weighted by Crippen LogP contribution is 2.33. The smallest absolute Gasteiger partial charge is 0.300 e. The van der Waals surface area contributed by atoms with Crippen molar-refractivity contribution in [2.24, 2.45) is 0 Å². The normalized spacial score (nSPS) is 10.2. The maximum absolute atomic E-state index is 9.00. The molecule has 0 saturated heterocycles. The summed E-state index contributed by atoms with van der Waals surface area (Å²) in [5.74, 6) is -0.0289. The van der Waals surface area contributed by atoms with Gasteiger partial charge in [0.2, 0.25) is 0 Å². The first kappa shape index (κ1) is 22.5. The summed E-state index contributed by atoms with van der Waals surface area (Å²) >= 11 is 12.4. The molecule has 2 N–H and O–H groups in total. The quantitative estimate of drug-likeness (QED) is 0.327. The summed E-state index contributed by atoms with van der Waals surface area (Å²) in [5, 5.41) is 14.3. The molecule has 0 spiro atoms. The number of anilines is 2. The molecule has 0 bridgehead atoms. The molecule has 0 saturated carbocycles. The number of benzene rings is 4. The molecule has 0 amide bonds. The third-order valence-corrected chi connectivity index (χ3v) is 4.99. The van der Waals surface area contributed by atoms with Crippen molar-refractivity contribution in [3.63, 3.8) is 0 Å². The largest absolute Gasteiger partial charge is 0.489 e. The fraction of sp³-hybridized carbons (Fsp3) is 0.0800. The second kappa shape index (κ2) is 10.7. The van der Waals surface area contributed by atoms with Gasteiger partial charge in [-0.25, -0.2) is 0 Å². The lowest BCUT2D eigenvalue weighted by Crippen LogP contribution is -1.97. The van der Waals surface area contributed by atoms with E-state index in [-0.39, 0.29) is 0 Å². The standard InChI is InChI=1S/C23H17Cl2NO.C2H4O2/c24-21-9-4-10-22(25)23(21)26-18-11-13-19(14-12-18)27-15-17-7-3-6-16-5-1-2-8-20(16)17;1-2(3)4/h1-14,26H,15H2;1H3,(H,3,4). The van der Waals surface area contributed by atoms with Gasteiger partial charge in [0.05, 0.1) is 15.7 Å². The number of carbonyl (C=O) groups is 1. The second-order valence-electron chi connectivity index (χ2n) is 6.69. The van der Waals surface area contributed by atoms with Crippen LogP contribution in [0.3, 0.4) is 0 Å². The Bertz CT molecular complexity index is 1150. The molecule has 158 valence electrons. The van der Waals surface area contributed by atoms with Crippen molar-refractivity contribution in [1.82, 2.24) is 0 Å². The van der Waals surface area contributed by atoms with Crippen molar-refractivity contribution < 1.29 is 14.6 Å². The Morgan fingerprint density at radius 1 is 0.871 bits per heavy atom. The summed E-state index contributed by atoms with van der Waals surface area (Å²) < 4.78 is 5.97. The highest BCUT2D eigenvalue weighted by Gasteiger charge is 2.06. The first-order chi connectivity index (χ1) is 14.9. The minimum absolute atomic E-state index is 0.518. The molecule has 0 atom stereocenters. The van der Waals surface area contributed by atoms with Crippen LogP contribution in [0.4, 0.5) is 11.4 Å². The lowest BCUT2D eigenvalue weighted by Gasteiger charge is -2.12. The Balaban J connectivity index is 0.000000628. The molecule has 0 aliphatic rings. The summed E-state index contributed by atoms with van der Waals surface area (Å²) in [6.45, 7) is 1.60. The maximum atomic E-state index is 9.00. The van der Waals surface area contributed by atoms with E-state index in [9.17, 15) is 0 Å². The summed E-state index contributed by atoms with van der Waals surface area (Å²) in [6.07, 6.45) is 0. The van der Waals surface area contributed by atoms with Crippen molar-refractivity contribution in [1.29, 1.82) is 0 Å². The van der Waals surface area contributed by atoms with Gasteiger partial charge in [0, 0.05) is 12.6 Å². The third-order valence-electron chi connectivity index (χ3n) is 4.36. The lowest BCUT2D eigenvalue weighted by atomic mass is 10.1. The molecule has 4 aromatic carbocycles. The molecular formula is C25H21Cl2NO3. The Kier molecular flexibility index (Phi) is 7.76. The van der Waals surface area contributed by atoms with Crippen LogP contribution in [-0.2, 0) is 11.4 Å². The van der Waals surface area contributed by atoms with E-state index in [0.29, 0.717) is 22.3 Å². The predicted octanol–water partition coefficient (Wildman–Crippen LogP) is 7.56. The molecule has 0 aromatic heterocycles. The van der Waals surface area contributed by atoms with E-state index in [1.807, 2.05) is 42.5 Å². The first-order valence-corrected chi connectivity index (χ1v) is 10.3. The Labute approximate surface area is 191 Å². The van der Waals surface area contributed by atoms with Crippen LogP contribution in [0.5, 0.6) is 5.75 Å². The van der Waals surface area contributed by atoms with Gasteiger partial charge >= 0.3 is 0 Å². The zero-order valence-electron chi connectivity index (χ0n) is 16.8. The van der Waals surface area contributed by atoms with Gasteiger partial charge in [-0.15, -0.1) is 0 Å². The number of ether oxygens (including phenoxy) is 1. The third kappa shape index (κ3) is 6.38. The van der Waals surface area contributed by atoms with Gasteiger partial charge in [0.25, 0.3) is 5.97 Å². The topological polar surface area (TPSA) is 58.6 Å². The molecule has 4 rings (SSSR count). The van der Waals surface area contributed by atoms with E-state index in [1.54, 1.807) is 12.1 Å². The van der Waals surface area contributed by atoms with E-state index in [0.717, 1.165) is 23.9 Å². The summed E-state index contributed by atoms with van der Waals surface area (Å²) in [6, 6.07) is 27.8. The Morgan fingerprint density at radius 3 is 2.13 bits per heavy atom. The van der Waals surface area contributed by atoms with Crippen molar-refractivity contribution >= 4 is 51.3 Å². The number of hydrogen-bond donors (Lipinski definition) is 2. The lowest BCUT2D eigenvalue weighted by molar-refractivity contribution is -0.134. The first-order valence-electron chi connectivity index (χ1n) is 9.54. The monoisotopic (exact) mass is 453 g/mol. The molecule has 6 heteroatoms. The second-order valence-corrected chi connectivity index (χ2v) is 7.51. The van der Waals surface area contributed by atoms with Gasteiger partial charge in [-0.1, -0.05) is 71.7 Å². The summed E-state index contributed by atoms with van der Waals surface area (Å²) in [5.41, 5.74) is 2.76. The van der Waals surface area contributed by atoms with Gasteiger partial charge in [0.15, 0.2) is 0 Å². The number of fused-ring (bicyclic) bond motifs is 1. The SMILES string of the molecule is CC(=O)O.Clc1cccc(Cl)c1Nc1ccc(OCc2cccc3ccccc23)cc1. The van der Waals surface area contributed by atoms with E-state index in [1.165, 1.54) is 10.8 Å². The Hall–Kier alpha value is -3.21. The van der Waals surface area contributed by atoms with Gasteiger partial charge in [-0.2, -0.15) is 0 Å². The molecular weight excluding hydrogens is 433 g/mol. The van der Waals surface area contributed by atoms with Crippen LogP contribution in [0.25, 0.3) is 10.8 Å². The molecule has 0 fully saturated rings. The minimum atomic E-state index is -0.833. The van der Waals surface area contributed by atoms with Crippen molar-refractivity contribution in [3.8, 4) is 5.75 Å². The van der Waals surface area contributed by atoms with Crippen molar-refractivity contribution in [2.45, 2.75) is 13.5 Å². The zero-order chi connectivity index (χ0) is 22.2. The number of aliphatic carboxylic acids is 1. The number of carboxylic acids is 1. The van der Waals surface area contributed by atoms with Crippen LogP contribution in [0.15, 0.2) is 84.9 Å². The van der Waals surface area contributed by atoms with Gasteiger partial charge in [0.1, 0.15) is 12.4 Å².